The first-order valence-electron chi connectivity index (χ1n) is 5.79. The lowest BCUT2D eigenvalue weighted by Crippen LogP contribution is -2.34. The van der Waals surface area contributed by atoms with Crippen LogP contribution in [0.4, 0.5) is 13.2 Å². The van der Waals surface area contributed by atoms with Gasteiger partial charge in [-0.25, -0.2) is 21.6 Å². The number of halogens is 4. The van der Waals surface area contributed by atoms with E-state index in [2.05, 4.69) is 5.32 Å². The Hall–Kier alpha value is -0.830. The van der Waals surface area contributed by atoms with Crippen molar-refractivity contribution in [2.45, 2.75) is 11.3 Å². The van der Waals surface area contributed by atoms with E-state index in [4.69, 9.17) is 0 Å². The Kier molecular flexibility index (Phi) is 5.81. The summed E-state index contributed by atoms with van der Waals surface area (Å²) in [5.74, 6) is -4.85. The zero-order valence-corrected chi connectivity index (χ0v) is 12.0. The highest BCUT2D eigenvalue weighted by molar-refractivity contribution is 7.89. The zero-order chi connectivity index (χ0) is 14.0. The van der Waals surface area contributed by atoms with Gasteiger partial charge in [0.15, 0.2) is 17.5 Å². The van der Waals surface area contributed by atoms with Crippen LogP contribution in [-0.2, 0) is 10.0 Å². The van der Waals surface area contributed by atoms with Crippen LogP contribution in [0.1, 0.15) is 6.42 Å². The predicted molar refractivity (Wildman–Crippen MR) is 69.8 cm³/mol. The molecule has 20 heavy (non-hydrogen) atoms. The molecule has 1 aromatic carbocycles. The van der Waals surface area contributed by atoms with Crippen LogP contribution in [0.15, 0.2) is 17.0 Å². The molecule has 0 amide bonds. The summed E-state index contributed by atoms with van der Waals surface area (Å²) < 4.78 is 65.0. The molecule has 1 aliphatic heterocycles. The third-order valence-corrected chi connectivity index (χ3v) is 4.83. The first kappa shape index (κ1) is 17.2. The maximum absolute atomic E-state index is 13.6. The smallest absolute Gasteiger partial charge is 0.246 e. The summed E-state index contributed by atoms with van der Waals surface area (Å²) in [4.78, 5) is -0.826. The monoisotopic (exact) mass is 330 g/mol. The van der Waals surface area contributed by atoms with Gasteiger partial charge < -0.3 is 5.32 Å². The molecule has 0 atom stereocenters. The first-order chi connectivity index (χ1) is 8.94. The fourth-order valence-electron chi connectivity index (χ4n) is 1.91. The molecule has 0 aromatic heterocycles. The normalized spacial score (nSPS) is 17.4. The molecule has 1 aliphatic rings. The summed E-state index contributed by atoms with van der Waals surface area (Å²) >= 11 is 0. The Morgan fingerprint density at radius 2 is 1.75 bits per heavy atom. The lowest BCUT2D eigenvalue weighted by atomic mass is 10.3. The third kappa shape index (κ3) is 3.25. The second-order valence-corrected chi connectivity index (χ2v) is 6.09. The zero-order valence-electron chi connectivity index (χ0n) is 10.4. The summed E-state index contributed by atoms with van der Waals surface area (Å²) in [6.07, 6.45) is 0.574. The van der Waals surface area contributed by atoms with Gasteiger partial charge in [0.1, 0.15) is 4.90 Å². The molecule has 114 valence electrons. The second-order valence-electron chi connectivity index (χ2n) is 4.18. The van der Waals surface area contributed by atoms with Gasteiger partial charge >= 0.3 is 0 Å². The number of benzene rings is 1. The van der Waals surface area contributed by atoms with E-state index < -0.39 is 32.4 Å². The van der Waals surface area contributed by atoms with Crippen molar-refractivity contribution in [2.24, 2.45) is 0 Å². The Morgan fingerprint density at radius 3 is 2.45 bits per heavy atom. The van der Waals surface area contributed by atoms with Crippen LogP contribution in [0, 0.1) is 17.5 Å². The number of rotatable bonds is 2. The van der Waals surface area contributed by atoms with Crippen molar-refractivity contribution in [3.05, 3.63) is 29.6 Å². The third-order valence-electron chi connectivity index (χ3n) is 2.92. The molecule has 4 nitrogen and oxygen atoms in total. The van der Waals surface area contributed by atoms with Crippen molar-refractivity contribution < 1.29 is 21.6 Å². The summed E-state index contributed by atoms with van der Waals surface area (Å²) in [6.45, 7) is 1.48. The highest BCUT2D eigenvalue weighted by Crippen LogP contribution is 2.23. The first-order valence-corrected chi connectivity index (χ1v) is 7.23. The summed E-state index contributed by atoms with van der Waals surface area (Å²) in [6, 6.07) is 1.36. The molecule has 1 N–H and O–H groups in total. The van der Waals surface area contributed by atoms with Crippen molar-refractivity contribution in [1.29, 1.82) is 0 Å². The molecule has 1 heterocycles. The van der Waals surface area contributed by atoms with Crippen LogP contribution in [0.3, 0.4) is 0 Å². The van der Waals surface area contributed by atoms with E-state index in [0.717, 1.165) is 10.4 Å². The summed E-state index contributed by atoms with van der Waals surface area (Å²) in [5.41, 5.74) is 0. The van der Waals surface area contributed by atoms with Gasteiger partial charge in [0.05, 0.1) is 0 Å². The molecule has 1 fully saturated rings. The van der Waals surface area contributed by atoms with Crippen LogP contribution >= 0.6 is 12.4 Å². The van der Waals surface area contributed by atoms with Crippen LogP contribution in [0.25, 0.3) is 0 Å². The molecule has 0 bridgehead atoms. The van der Waals surface area contributed by atoms with Gasteiger partial charge in [-0.05, 0) is 25.1 Å². The lowest BCUT2D eigenvalue weighted by Gasteiger charge is -2.20. The molecular formula is C11H14ClF3N2O2S. The van der Waals surface area contributed by atoms with Gasteiger partial charge in [-0.3, -0.25) is 0 Å². The standard InChI is InChI=1S/C11H13F3N2O2S.ClH/c12-8-2-3-9(11(14)10(8)13)19(17,18)16-6-1-4-15-5-7-16;/h2-3,15H,1,4-7H2;1H. The van der Waals surface area contributed by atoms with E-state index in [0.29, 0.717) is 25.6 Å². The van der Waals surface area contributed by atoms with E-state index in [1.54, 1.807) is 0 Å². The van der Waals surface area contributed by atoms with Crippen molar-refractivity contribution in [2.75, 3.05) is 26.2 Å². The van der Waals surface area contributed by atoms with Crippen molar-refractivity contribution in [3.63, 3.8) is 0 Å². The molecular weight excluding hydrogens is 317 g/mol. The minimum absolute atomic E-state index is 0. The van der Waals surface area contributed by atoms with Gasteiger partial charge in [0.25, 0.3) is 0 Å². The van der Waals surface area contributed by atoms with Crippen LogP contribution in [0.5, 0.6) is 0 Å². The molecule has 1 saturated heterocycles. The van der Waals surface area contributed by atoms with Gasteiger partial charge in [-0.15, -0.1) is 12.4 Å². The number of hydrogen-bond acceptors (Lipinski definition) is 3. The molecule has 0 saturated carbocycles. The van der Waals surface area contributed by atoms with Crippen LogP contribution in [-0.4, -0.2) is 38.9 Å². The van der Waals surface area contributed by atoms with E-state index in [1.807, 2.05) is 0 Å². The van der Waals surface area contributed by atoms with Crippen molar-refractivity contribution >= 4 is 22.4 Å². The minimum Gasteiger partial charge on any atom is -0.315 e. The van der Waals surface area contributed by atoms with Gasteiger partial charge in [0, 0.05) is 19.6 Å². The second kappa shape index (κ2) is 6.75. The van der Waals surface area contributed by atoms with Crippen molar-refractivity contribution in [1.82, 2.24) is 9.62 Å². The van der Waals surface area contributed by atoms with Gasteiger partial charge in [-0.1, -0.05) is 0 Å². The molecule has 0 spiro atoms. The van der Waals surface area contributed by atoms with E-state index in [1.165, 1.54) is 0 Å². The van der Waals surface area contributed by atoms with E-state index >= 15 is 0 Å². The Bertz CT molecular complexity index is 575. The number of nitrogens with one attached hydrogen (secondary N) is 1. The van der Waals surface area contributed by atoms with E-state index in [-0.39, 0.29) is 25.5 Å². The predicted octanol–water partition coefficient (Wildman–Crippen LogP) is 1.51. The largest absolute Gasteiger partial charge is 0.315 e. The minimum atomic E-state index is -4.14. The summed E-state index contributed by atoms with van der Waals surface area (Å²) in [7, 11) is -4.14. The number of sulfonamides is 1. The maximum Gasteiger partial charge on any atom is 0.246 e. The molecule has 0 radical (unpaired) electrons. The molecule has 9 heteroatoms. The number of nitrogens with zero attached hydrogens (tertiary/aromatic N) is 1. The molecule has 0 unspecified atom stereocenters. The Morgan fingerprint density at radius 1 is 1.05 bits per heavy atom. The molecule has 1 aromatic rings. The Balaban J connectivity index is 0.00000200. The SMILES string of the molecule is Cl.O=S(=O)(c1ccc(F)c(F)c1F)N1CCCNCC1. The molecule has 0 aliphatic carbocycles. The average Bonchev–Trinajstić information content (AvgIpc) is 2.65. The van der Waals surface area contributed by atoms with Crippen LogP contribution in [0.2, 0.25) is 0 Å². The Labute approximate surface area is 121 Å². The maximum atomic E-state index is 13.6. The highest BCUT2D eigenvalue weighted by Gasteiger charge is 2.30. The fraction of sp³-hybridized carbons (Fsp3) is 0.455. The quantitative estimate of drug-likeness (QED) is 0.836. The average molecular weight is 331 g/mol. The lowest BCUT2D eigenvalue weighted by molar-refractivity contribution is 0.410. The van der Waals surface area contributed by atoms with E-state index in [9.17, 15) is 21.6 Å². The number of hydrogen-bond donors (Lipinski definition) is 1. The molecule has 2 rings (SSSR count). The topological polar surface area (TPSA) is 49.4 Å². The highest BCUT2D eigenvalue weighted by atomic mass is 35.5. The van der Waals surface area contributed by atoms with Crippen LogP contribution < -0.4 is 5.32 Å². The fourth-order valence-corrected chi connectivity index (χ4v) is 3.44. The summed E-state index contributed by atoms with van der Waals surface area (Å²) in [5, 5.41) is 3.00. The van der Waals surface area contributed by atoms with Gasteiger partial charge in [-0.2, -0.15) is 4.31 Å². The van der Waals surface area contributed by atoms with Crippen molar-refractivity contribution in [3.8, 4) is 0 Å². The van der Waals surface area contributed by atoms with Gasteiger partial charge in [0.2, 0.25) is 10.0 Å².